The Hall–Kier alpha value is 0.270. The van der Waals surface area contributed by atoms with Crippen LogP contribution in [0, 0.1) is 0 Å². The molecule has 0 aromatic heterocycles. The van der Waals surface area contributed by atoms with Crippen LogP contribution < -0.4 is 0 Å². The van der Waals surface area contributed by atoms with E-state index in [-0.39, 0.29) is 6.61 Å². The van der Waals surface area contributed by atoms with Crippen molar-refractivity contribution < 1.29 is 19.2 Å². The van der Waals surface area contributed by atoms with E-state index in [0.717, 1.165) is 0 Å². The summed E-state index contributed by atoms with van der Waals surface area (Å²) in [4.78, 5) is 24.5. The van der Waals surface area contributed by atoms with Crippen molar-refractivity contribution in [1.82, 2.24) is 0 Å². The molecule has 0 radical (unpaired) electrons. The van der Waals surface area contributed by atoms with Crippen molar-refractivity contribution in [2.24, 2.45) is 0 Å². The fourth-order valence-electron chi connectivity index (χ4n) is 0.239. The van der Waals surface area contributed by atoms with Gasteiger partial charge in [-0.3, -0.25) is 0 Å². The minimum absolute atomic E-state index is 0.190. The summed E-state index contributed by atoms with van der Waals surface area (Å²) < 4.78 is 4.18. The third kappa shape index (κ3) is 6.27. The first-order valence-corrected chi connectivity index (χ1v) is 4.12. The summed E-state index contributed by atoms with van der Waals surface area (Å²) in [5.41, 5.74) is 0. The Morgan fingerprint density at radius 2 is 1.88 bits per heavy atom. The number of hydrogen-bond acceptors (Lipinski definition) is 4. The Kier molecular flexibility index (Phi) is 3.44. The Morgan fingerprint density at radius 1 is 1.38 bits per heavy atom. The third-order valence-electron chi connectivity index (χ3n) is 0.500. The third-order valence-corrected chi connectivity index (χ3v) is 1.09. The van der Waals surface area contributed by atoms with E-state index in [4.69, 9.17) is 14.7 Å². The fraction of sp³-hybridized carbons (Fsp3) is 1.00. The topological polar surface area (TPSA) is 69.9 Å². The fourth-order valence-corrected chi connectivity index (χ4v) is 0.717. The Labute approximate surface area is 48.4 Å². The van der Waals surface area contributed by atoms with E-state index in [1.54, 1.807) is 6.92 Å². The molecule has 0 heterocycles. The van der Waals surface area contributed by atoms with E-state index in [2.05, 4.69) is 4.52 Å². The zero-order valence-electron chi connectivity index (χ0n) is 4.66. The average molecular weight is 142 g/mol. The van der Waals surface area contributed by atoms with Crippen molar-refractivity contribution in [1.29, 1.82) is 0 Å². The van der Waals surface area contributed by atoms with Crippen molar-refractivity contribution in [3.63, 3.8) is 0 Å². The molecule has 0 saturated carbocycles. The molecule has 0 atom stereocenters. The van der Waals surface area contributed by atoms with Crippen molar-refractivity contribution in [3.05, 3.63) is 0 Å². The first-order chi connectivity index (χ1) is 3.56. The van der Waals surface area contributed by atoms with E-state index in [9.17, 15) is 0 Å². The molecule has 0 aliphatic heterocycles. The maximum absolute atomic E-state index is 8.18. The summed E-state index contributed by atoms with van der Waals surface area (Å²) in [7, 11) is -4.18. The first kappa shape index (κ1) is 8.27. The molecule has 0 aromatic rings. The molecule has 0 aliphatic rings. The van der Waals surface area contributed by atoms with Gasteiger partial charge in [-0.15, -0.1) is 0 Å². The molecule has 0 unspecified atom stereocenters. The Balaban J connectivity index is 3.11. The molecule has 8 heavy (non-hydrogen) atoms. The van der Waals surface area contributed by atoms with Gasteiger partial charge in [-0.2, -0.15) is 0 Å². The van der Waals surface area contributed by atoms with Gasteiger partial charge in [-0.05, 0) is 0 Å². The standard InChI is InChI=1S/C3H11O4P/c1-2-3-7-8(4,5)6/h4-6,8H,2-3H2,1H3. The van der Waals surface area contributed by atoms with E-state index in [1.165, 1.54) is 0 Å². The second-order valence-electron chi connectivity index (χ2n) is 1.42. The van der Waals surface area contributed by atoms with Crippen LogP contribution in [0.3, 0.4) is 0 Å². The van der Waals surface area contributed by atoms with Gasteiger partial charge in [0.1, 0.15) is 0 Å². The first-order valence-electron chi connectivity index (χ1n) is 2.37. The van der Waals surface area contributed by atoms with Crippen LogP contribution >= 0.6 is 8.17 Å². The van der Waals surface area contributed by atoms with Crippen molar-refractivity contribution in [3.8, 4) is 0 Å². The Bertz CT molecular complexity index is 58.8. The van der Waals surface area contributed by atoms with E-state index >= 15 is 0 Å². The molecule has 3 N–H and O–H groups in total. The molecule has 0 fully saturated rings. The molecule has 0 saturated heterocycles. The van der Waals surface area contributed by atoms with E-state index in [1.807, 2.05) is 0 Å². The molecular formula is C3H11O4P. The molecule has 0 aromatic carbocycles. The maximum atomic E-state index is 8.18. The van der Waals surface area contributed by atoms with Crippen LogP contribution in [0.1, 0.15) is 13.3 Å². The van der Waals surface area contributed by atoms with E-state index in [0.29, 0.717) is 6.42 Å². The molecule has 0 amide bonds. The summed E-state index contributed by atoms with van der Waals surface area (Å²) in [5, 5.41) is 0. The van der Waals surface area contributed by atoms with Crippen LogP contribution in [0.25, 0.3) is 0 Å². The van der Waals surface area contributed by atoms with Gasteiger partial charge in [-0.25, -0.2) is 0 Å². The average Bonchev–Trinajstić information content (AvgIpc) is 1.59. The van der Waals surface area contributed by atoms with Crippen molar-refractivity contribution in [2.45, 2.75) is 13.3 Å². The van der Waals surface area contributed by atoms with Gasteiger partial charge in [0.05, 0.1) is 0 Å². The molecular weight excluding hydrogens is 131 g/mol. The molecule has 0 bridgehead atoms. The molecule has 0 spiro atoms. The SMILES string of the molecule is CCCO[PH](O)(O)O. The van der Waals surface area contributed by atoms with Crippen LogP contribution in [0.5, 0.6) is 0 Å². The van der Waals surface area contributed by atoms with Crippen molar-refractivity contribution in [2.75, 3.05) is 6.61 Å². The van der Waals surface area contributed by atoms with Gasteiger partial charge < -0.3 is 0 Å². The molecule has 0 aliphatic carbocycles. The minimum atomic E-state index is -4.18. The van der Waals surface area contributed by atoms with Crippen LogP contribution in [0.4, 0.5) is 0 Å². The quantitative estimate of drug-likeness (QED) is 0.477. The van der Waals surface area contributed by atoms with Crippen LogP contribution in [-0.4, -0.2) is 21.3 Å². The summed E-state index contributed by atoms with van der Waals surface area (Å²) in [5.74, 6) is 0. The van der Waals surface area contributed by atoms with Gasteiger partial charge in [0.2, 0.25) is 0 Å². The Morgan fingerprint density at radius 3 is 2.00 bits per heavy atom. The second-order valence-corrected chi connectivity index (χ2v) is 2.86. The number of rotatable bonds is 3. The van der Waals surface area contributed by atoms with Gasteiger partial charge >= 0.3 is 47.3 Å². The zero-order chi connectivity index (χ0) is 6.62. The van der Waals surface area contributed by atoms with Gasteiger partial charge in [-0.1, -0.05) is 0 Å². The van der Waals surface area contributed by atoms with Crippen LogP contribution in [-0.2, 0) is 4.52 Å². The van der Waals surface area contributed by atoms with Gasteiger partial charge in [0, 0.05) is 0 Å². The zero-order valence-corrected chi connectivity index (χ0v) is 5.66. The molecule has 52 valence electrons. The molecule has 4 nitrogen and oxygen atoms in total. The van der Waals surface area contributed by atoms with Gasteiger partial charge in [0.15, 0.2) is 0 Å². The second kappa shape index (κ2) is 3.33. The summed E-state index contributed by atoms with van der Waals surface area (Å²) in [6.45, 7) is 2.00. The van der Waals surface area contributed by atoms with Crippen molar-refractivity contribution >= 4 is 8.17 Å². The molecule has 0 rings (SSSR count). The molecule has 5 heteroatoms. The van der Waals surface area contributed by atoms with Crippen LogP contribution in [0.2, 0.25) is 0 Å². The normalized spacial score (nSPS) is 14.0. The summed E-state index contributed by atoms with van der Waals surface area (Å²) in [6, 6.07) is 0. The summed E-state index contributed by atoms with van der Waals surface area (Å²) in [6.07, 6.45) is 0.663. The van der Waals surface area contributed by atoms with Crippen LogP contribution in [0.15, 0.2) is 0 Å². The predicted octanol–water partition coefficient (Wildman–Crippen LogP) is -0.200. The monoisotopic (exact) mass is 142 g/mol. The van der Waals surface area contributed by atoms with E-state index < -0.39 is 8.17 Å². The van der Waals surface area contributed by atoms with Gasteiger partial charge in [0.25, 0.3) is 0 Å². The predicted molar refractivity (Wildman–Crippen MR) is 31.2 cm³/mol. The summed E-state index contributed by atoms with van der Waals surface area (Å²) >= 11 is 0. The number of hydrogen-bond donors (Lipinski definition) is 3.